The molecule has 1 aromatic heterocycles. The molecule has 0 aliphatic rings. The Morgan fingerprint density at radius 2 is 2.05 bits per heavy atom. The van der Waals surface area contributed by atoms with Crippen LogP contribution in [0.1, 0.15) is 26.6 Å². The molecule has 0 saturated carbocycles. The maximum Gasteiger partial charge on any atom is 0.313 e. The van der Waals surface area contributed by atoms with Crippen LogP contribution in [0, 0.1) is 5.82 Å². The SMILES string of the molecule is CC(C)(C)c1nc(SCC(=O)O)c2c(F)cccc2n1. The summed E-state index contributed by atoms with van der Waals surface area (Å²) in [5.41, 5.74) is 0.205. The van der Waals surface area contributed by atoms with Gasteiger partial charge in [0, 0.05) is 5.41 Å². The summed E-state index contributed by atoms with van der Waals surface area (Å²) in [5, 5.41) is 9.45. The summed E-state index contributed by atoms with van der Waals surface area (Å²) in [7, 11) is 0. The summed E-state index contributed by atoms with van der Waals surface area (Å²) >= 11 is 1.01. The van der Waals surface area contributed by atoms with Crippen LogP contribution in [-0.2, 0) is 10.2 Å². The molecule has 20 heavy (non-hydrogen) atoms. The summed E-state index contributed by atoms with van der Waals surface area (Å²) in [6, 6.07) is 4.62. The summed E-state index contributed by atoms with van der Waals surface area (Å²) in [5.74, 6) is -0.987. The highest BCUT2D eigenvalue weighted by atomic mass is 32.2. The average Bonchev–Trinajstić information content (AvgIpc) is 2.34. The first-order valence-electron chi connectivity index (χ1n) is 6.10. The van der Waals surface area contributed by atoms with Crippen molar-refractivity contribution in [2.75, 3.05) is 5.75 Å². The van der Waals surface area contributed by atoms with Crippen LogP contribution < -0.4 is 0 Å². The lowest BCUT2D eigenvalue weighted by Crippen LogP contribution is -2.17. The number of carbonyl (C=O) groups is 1. The lowest BCUT2D eigenvalue weighted by molar-refractivity contribution is -0.133. The van der Waals surface area contributed by atoms with Crippen LogP contribution in [0.15, 0.2) is 23.2 Å². The molecule has 0 spiro atoms. The second-order valence-corrected chi connectivity index (χ2v) is 6.38. The number of hydrogen-bond acceptors (Lipinski definition) is 4. The second-order valence-electron chi connectivity index (χ2n) is 5.42. The first-order valence-corrected chi connectivity index (χ1v) is 7.09. The quantitative estimate of drug-likeness (QED) is 0.695. The number of carboxylic acids is 1. The Morgan fingerprint density at radius 3 is 2.65 bits per heavy atom. The topological polar surface area (TPSA) is 63.1 Å². The van der Waals surface area contributed by atoms with Crippen molar-refractivity contribution in [3.63, 3.8) is 0 Å². The zero-order chi connectivity index (χ0) is 14.9. The largest absolute Gasteiger partial charge is 0.481 e. The summed E-state index contributed by atoms with van der Waals surface area (Å²) < 4.78 is 14.0. The van der Waals surface area contributed by atoms with Gasteiger partial charge in [-0.15, -0.1) is 0 Å². The van der Waals surface area contributed by atoms with Crippen molar-refractivity contribution in [3.8, 4) is 0 Å². The van der Waals surface area contributed by atoms with Crippen LogP contribution in [-0.4, -0.2) is 26.8 Å². The van der Waals surface area contributed by atoms with Crippen molar-refractivity contribution in [2.45, 2.75) is 31.2 Å². The van der Waals surface area contributed by atoms with Gasteiger partial charge < -0.3 is 5.11 Å². The number of carboxylic acid groups (broad SMARTS) is 1. The molecular weight excluding hydrogens is 279 g/mol. The number of hydrogen-bond donors (Lipinski definition) is 1. The molecule has 0 fully saturated rings. The summed E-state index contributed by atoms with van der Waals surface area (Å²) in [4.78, 5) is 19.5. The molecule has 1 N–H and O–H groups in total. The van der Waals surface area contributed by atoms with Crippen LogP contribution in [0.25, 0.3) is 10.9 Å². The summed E-state index contributed by atoms with van der Waals surface area (Å²) in [6.07, 6.45) is 0. The van der Waals surface area contributed by atoms with Crippen molar-refractivity contribution < 1.29 is 14.3 Å². The number of thioether (sulfide) groups is 1. The van der Waals surface area contributed by atoms with E-state index in [1.54, 1.807) is 12.1 Å². The smallest absolute Gasteiger partial charge is 0.313 e. The van der Waals surface area contributed by atoms with Crippen molar-refractivity contribution >= 4 is 28.6 Å². The van der Waals surface area contributed by atoms with Gasteiger partial charge in [0.1, 0.15) is 16.7 Å². The lowest BCUT2D eigenvalue weighted by Gasteiger charge is -2.18. The molecule has 0 radical (unpaired) electrons. The Morgan fingerprint density at radius 1 is 1.35 bits per heavy atom. The van der Waals surface area contributed by atoms with Crippen molar-refractivity contribution in [2.24, 2.45) is 0 Å². The van der Waals surface area contributed by atoms with Crippen LogP contribution in [0.4, 0.5) is 4.39 Å². The van der Waals surface area contributed by atoms with E-state index in [9.17, 15) is 9.18 Å². The van der Waals surface area contributed by atoms with Gasteiger partial charge in [0.05, 0.1) is 16.7 Å². The molecule has 106 valence electrons. The van der Waals surface area contributed by atoms with E-state index in [0.717, 1.165) is 11.8 Å². The molecular formula is C14H15FN2O2S. The molecule has 6 heteroatoms. The maximum absolute atomic E-state index is 14.0. The summed E-state index contributed by atoms with van der Waals surface area (Å²) in [6.45, 7) is 5.87. The molecule has 0 aliphatic heterocycles. The standard InChI is InChI=1S/C14H15FN2O2S/c1-14(2,3)13-16-9-6-4-5-8(15)11(9)12(17-13)20-7-10(18)19/h4-6H,7H2,1-3H3,(H,18,19). The predicted octanol–water partition coefficient (Wildman–Crippen LogP) is 3.24. The molecule has 2 aromatic rings. The molecule has 2 rings (SSSR count). The number of nitrogens with zero attached hydrogens (tertiary/aromatic N) is 2. The molecule has 0 atom stereocenters. The van der Waals surface area contributed by atoms with Crippen LogP contribution >= 0.6 is 11.8 Å². The Hall–Kier alpha value is -1.69. The Labute approximate surface area is 120 Å². The monoisotopic (exact) mass is 294 g/mol. The normalized spacial score (nSPS) is 11.8. The van der Waals surface area contributed by atoms with Gasteiger partial charge in [-0.3, -0.25) is 4.79 Å². The minimum Gasteiger partial charge on any atom is -0.481 e. The van der Waals surface area contributed by atoms with E-state index in [2.05, 4.69) is 9.97 Å². The minimum atomic E-state index is -0.963. The third-order valence-corrected chi connectivity index (χ3v) is 3.60. The van der Waals surface area contributed by atoms with Crippen LogP contribution in [0.2, 0.25) is 0 Å². The number of aromatic nitrogens is 2. The van der Waals surface area contributed by atoms with E-state index < -0.39 is 11.8 Å². The number of halogens is 1. The number of rotatable bonds is 3. The molecule has 0 aliphatic carbocycles. The highest BCUT2D eigenvalue weighted by Gasteiger charge is 2.21. The highest BCUT2D eigenvalue weighted by Crippen LogP contribution is 2.30. The first-order chi connectivity index (χ1) is 9.29. The fourth-order valence-electron chi connectivity index (χ4n) is 1.68. The average molecular weight is 294 g/mol. The van der Waals surface area contributed by atoms with E-state index in [1.807, 2.05) is 20.8 Å². The molecule has 1 aromatic carbocycles. The minimum absolute atomic E-state index is 0.163. The van der Waals surface area contributed by atoms with Crippen molar-refractivity contribution in [3.05, 3.63) is 29.8 Å². The molecule has 0 saturated heterocycles. The van der Waals surface area contributed by atoms with Crippen molar-refractivity contribution in [1.82, 2.24) is 9.97 Å². The van der Waals surface area contributed by atoms with Crippen LogP contribution in [0.5, 0.6) is 0 Å². The zero-order valence-electron chi connectivity index (χ0n) is 11.5. The van der Waals surface area contributed by atoms with E-state index in [0.29, 0.717) is 16.4 Å². The predicted molar refractivity (Wildman–Crippen MR) is 76.6 cm³/mol. The maximum atomic E-state index is 14.0. The molecule has 4 nitrogen and oxygen atoms in total. The fraction of sp³-hybridized carbons (Fsp3) is 0.357. The Kier molecular flexibility index (Phi) is 3.94. The van der Waals surface area contributed by atoms with E-state index in [-0.39, 0.29) is 16.6 Å². The van der Waals surface area contributed by atoms with E-state index in [1.165, 1.54) is 6.07 Å². The molecule has 0 bridgehead atoms. The Balaban J connectivity index is 2.64. The van der Waals surface area contributed by atoms with Gasteiger partial charge in [0.25, 0.3) is 0 Å². The molecule has 0 unspecified atom stereocenters. The first kappa shape index (κ1) is 14.7. The van der Waals surface area contributed by atoms with E-state index in [4.69, 9.17) is 5.11 Å². The molecule has 0 amide bonds. The van der Waals surface area contributed by atoms with Gasteiger partial charge >= 0.3 is 5.97 Å². The van der Waals surface area contributed by atoms with Gasteiger partial charge in [-0.25, -0.2) is 14.4 Å². The highest BCUT2D eigenvalue weighted by molar-refractivity contribution is 8.00. The third-order valence-electron chi connectivity index (χ3n) is 2.64. The fourth-order valence-corrected chi connectivity index (χ4v) is 2.44. The van der Waals surface area contributed by atoms with Gasteiger partial charge in [0.15, 0.2) is 0 Å². The lowest BCUT2D eigenvalue weighted by atomic mass is 9.95. The number of benzene rings is 1. The second kappa shape index (κ2) is 5.36. The van der Waals surface area contributed by atoms with Gasteiger partial charge in [-0.2, -0.15) is 0 Å². The number of fused-ring (bicyclic) bond motifs is 1. The van der Waals surface area contributed by atoms with E-state index >= 15 is 0 Å². The molecule has 1 heterocycles. The third kappa shape index (κ3) is 3.07. The van der Waals surface area contributed by atoms with Crippen molar-refractivity contribution in [1.29, 1.82) is 0 Å². The van der Waals surface area contributed by atoms with Gasteiger partial charge in [0.2, 0.25) is 0 Å². The number of aliphatic carboxylic acids is 1. The van der Waals surface area contributed by atoms with Gasteiger partial charge in [-0.05, 0) is 12.1 Å². The Bertz CT molecular complexity index is 668. The van der Waals surface area contributed by atoms with Crippen LogP contribution in [0.3, 0.4) is 0 Å². The zero-order valence-corrected chi connectivity index (χ0v) is 12.3. The van der Waals surface area contributed by atoms with Gasteiger partial charge in [-0.1, -0.05) is 38.6 Å².